The van der Waals surface area contributed by atoms with Crippen molar-refractivity contribution in [3.8, 4) is 5.75 Å². The second-order valence-electron chi connectivity index (χ2n) is 5.89. The average molecular weight is 312 g/mol. The van der Waals surface area contributed by atoms with Crippen molar-refractivity contribution in [1.82, 2.24) is 5.32 Å². The van der Waals surface area contributed by atoms with E-state index in [0.29, 0.717) is 5.56 Å². The fraction of sp³-hybridized carbons (Fsp3) is 0.316. The minimum absolute atomic E-state index is 0.0928. The molecule has 0 bridgehead atoms. The number of benzene rings is 2. The molecule has 0 fully saturated rings. The van der Waals surface area contributed by atoms with Gasteiger partial charge in [0.25, 0.3) is 5.91 Å². The number of nitrogens with zero attached hydrogens (tertiary/aromatic N) is 1. The second-order valence-corrected chi connectivity index (χ2v) is 5.89. The Labute approximate surface area is 138 Å². The van der Waals surface area contributed by atoms with Gasteiger partial charge >= 0.3 is 0 Å². The van der Waals surface area contributed by atoms with Crippen LogP contribution in [-0.2, 0) is 0 Å². The van der Waals surface area contributed by atoms with Gasteiger partial charge in [0, 0.05) is 30.9 Å². The van der Waals surface area contributed by atoms with Crippen molar-refractivity contribution >= 4 is 11.6 Å². The lowest BCUT2D eigenvalue weighted by Gasteiger charge is -2.19. The van der Waals surface area contributed by atoms with Crippen molar-refractivity contribution in [2.75, 3.05) is 26.1 Å². The van der Waals surface area contributed by atoms with Crippen LogP contribution in [0.5, 0.6) is 5.75 Å². The average Bonchev–Trinajstić information content (AvgIpc) is 2.54. The topological polar surface area (TPSA) is 41.6 Å². The molecule has 0 aliphatic heterocycles. The zero-order valence-electron chi connectivity index (χ0n) is 14.4. The predicted molar refractivity (Wildman–Crippen MR) is 94.4 cm³/mol. The minimum atomic E-state index is -0.139. The van der Waals surface area contributed by atoms with E-state index in [1.807, 2.05) is 75.3 Å². The van der Waals surface area contributed by atoms with Gasteiger partial charge in [0.05, 0.1) is 13.2 Å². The van der Waals surface area contributed by atoms with Crippen molar-refractivity contribution in [3.05, 3.63) is 59.2 Å². The highest BCUT2D eigenvalue weighted by molar-refractivity contribution is 5.95. The number of anilines is 1. The van der Waals surface area contributed by atoms with Crippen LogP contribution in [-0.4, -0.2) is 27.1 Å². The SMILES string of the molecule is COc1ccc(C)cc1[C@@H](C)NC(=O)c1cccc(N(C)C)c1. The van der Waals surface area contributed by atoms with Gasteiger partial charge in [0.1, 0.15) is 5.75 Å². The molecule has 2 aromatic rings. The summed E-state index contributed by atoms with van der Waals surface area (Å²) in [5, 5.41) is 3.04. The molecular formula is C19H24N2O2. The van der Waals surface area contributed by atoms with Crippen molar-refractivity contribution in [2.24, 2.45) is 0 Å². The van der Waals surface area contributed by atoms with Crippen LogP contribution in [0.3, 0.4) is 0 Å². The van der Waals surface area contributed by atoms with Gasteiger partial charge in [-0.15, -0.1) is 0 Å². The van der Waals surface area contributed by atoms with Gasteiger partial charge in [-0.1, -0.05) is 23.8 Å². The summed E-state index contributed by atoms with van der Waals surface area (Å²) < 4.78 is 5.40. The minimum Gasteiger partial charge on any atom is -0.496 e. The van der Waals surface area contributed by atoms with Gasteiger partial charge in [-0.3, -0.25) is 4.79 Å². The molecule has 2 rings (SSSR count). The van der Waals surface area contributed by atoms with Crippen molar-refractivity contribution in [1.29, 1.82) is 0 Å². The normalized spacial score (nSPS) is 11.7. The van der Waals surface area contributed by atoms with E-state index in [0.717, 1.165) is 22.6 Å². The molecule has 4 nitrogen and oxygen atoms in total. The number of nitrogens with one attached hydrogen (secondary N) is 1. The van der Waals surface area contributed by atoms with E-state index >= 15 is 0 Å². The molecule has 2 aromatic carbocycles. The van der Waals surface area contributed by atoms with E-state index in [9.17, 15) is 4.79 Å². The smallest absolute Gasteiger partial charge is 0.251 e. The Balaban J connectivity index is 2.20. The molecule has 0 heterocycles. The highest BCUT2D eigenvalue weighted by Gasteiger charge is 2.15. The molecule has 1 amide bonds. The standard InChI is InChI=1S/C19H24N2O2/c1-13-9-10-18(23-5)17(11-13)14(2)20-19(22)15-7-6-8-16(12-15)21(3)4/h6-12,14H,1-5H3,(H,20,22)/t14-/m1/s1. The molecule has 0 aromatic heterocycles. The van der Waals surface area contributed by atoms with Crippen molar-refractivity contribution in [3.63, 3.8) is 0 Å². The maximum absolute atomic E-state index is 12.5. The van der Waals surface area contributed by atoms with Crippen LogP contribution in [0, 0.1) is 6.92 Å². The second kappa shape index (κ2) is 7.18. The maximum Gasteiger partial charge on any atom is 0.251 e. The van der Waals surface area contributed by atoms with Gasteiger partial charge in [-0.2, -0.15) is 0 Å². The Morgan fingerprint density at radius 3 is 2.57 bits per heavy atom. The van der Waals surface area contributed by atoms with Crippen LogP contribution in [0.2, 0.25) is 0 Å². The highest BCUT2D eigenvalue weighted by Crippen LogP contribution is 2.26. The monoisotopic (exact) mass is 312 g/mol. The number of rotatable bonds is 5. The fourth-order valence-electron chi connectivity index (χ4n) is 2.48. The zero-order chi connectivity index (χ0) is 17.0. The van der Waals surface area contributed by atoms with Crippen LogP contribution in [0.1, 0.15) is 34.5 Å². The molecule has 0 radical (unpaired) electrons. The van der Waals surface area contributed by atoms with E-state index in [1.165, 1.54) is 0 Å². The third-order valence-corrected chi connectivity index (χ3v) is 3.82. The summed E-state index contributed by atoms with van der Waals surface area (Å²) in [4.78, 5) is 14.5. The molecule has 23 heavy (non-hydrogen) atoms. The fourth-order valence-corrected chi connectivity index (χ4v) is 2.48. The molecule has 1 atom stereocenters. The van der Waals surface area contributed by atoms with Crippen LogP contribution < -0.4 is 15.0 Å². The Morgan fingerprint density at radius 1 is 1.17 bits per heavy atom. The first kappa shape index (κ1) is 16.9. The molecular weight excluding hydrogens is 288 g/mol. The summed E-state index contributed by atoms with van der Waals surface area (Å²) >= 11 is 0. The van der Waals surface area contributed by atoms with E-state index in [1.54, 1.807) is 7.11 Å². The Kier molecular flexibility index (Phi) is 5.27. The molecule has 0 aliphatic rings. The molecule has 0 aliphatic carbocycles. The van der Waals surface area contributed by atoms with Gasteiger partial charge in [-0.25, -0.2) is 0 Å². The Bertz CT molecular complexity index is 696. The van der Waals surface area contributed by atoms with E-state index in [2.05, 4.69) is 5.32 Å². The summed E-state index contributed by atoms with van der Waals surface area (Å²) in [6, 6.07) is 13.4. The van der Waals surface area contributed by atoms with Crippen molar-refractivity contribution in [2.45, 2.75) is 19.9 Å². The van der Waals surface area contributed by atoms with Crippen LogP contribution in [0.25, 0.3) is 0 Å². The number of amides is 1. The van der Waals surface area contributed by atoms with Crippen LogP contribution in [0.4, 0.5) is 5.69 Å². The first-order valence-electron chi connectivity index (χ1n) is 7.65. The highest BCUT2D eigenvalue weighted by atomic mass is 16.5. The Morgan fingerprint density at radius 2 is 1.91 bits per heavy atom. The first-order valence-corrected chi connectivity index (χ1v) is 7.65. The number of carbonyl (C=O) groups is 1. The van der Waals surface area contributed by atoms with E-state index in [-0.39, 0.29) is 11.9 Å². The third kappa shape index (κ3) is 4.03. The maximum atomic E-state index is 12.5. The third-order valence-electron chi connectivity index (χ3n) is 3.82. The number of ether oxygens (including phenoxy) is 1. The summed E-state index contributed by atoms with van der Waals surface area (Å²) in [5.74, 6) is 0.690. The largest absolute Gasteiger partial charge is 0.496 e. The lowest BCUT2D eigenvalue weighted by molar-refractivity contribution is 0.0939. The lowest BCUT2D eigenvalue weighted by atomic mass is 10.0. The summed E-state index contributed by atoms with van der Waals surface area (Å²) in [5.41, 5.74) is 3.76. The lowest BCUT2D eigenvalue weighted by Crippen LogP contribution is -2.27. The predicted octanol–water partition coefficient (Wildman–Crippen LogP) is 3.56. The molecule has 1 N–H and O–H groups in total. The quantitative estimate of drug-likeness (QED) is 0.918. The number of methoxy groups -OCH3 is 1. The zero-order valence-corrected chi connectivity index (χ0v) is 14.4. The molecule has 0 saturated heterocycles. The summed E-state index contributed by atoms with van der Waals surface area (Å²) in [6.45, 7) is 3.99. The van der Waals surface area contributed by atoms with Crippen LogP contribution >= 0.6 is 0 Å². The molecule has 0 spiro atoms. The summed E-state index contributed by atoms with van der Waals surface area (Å²) in [7, 11) is 5.55. The van der Waals surface area contributed by atoms with Gasteiger partial charge in [-0.05, 0) is 38.1 Å². The Hall–Kier alpha value is -2.49. The molecule has 0 saturated carbocycles. The van der Waals surface area contributed by atoms with Crippen molar-refractivity contribution < 1.29 is 9.53 Å². The molecule has 0 unspecified atom stereocenters. The van der Waals surface area contributed by atoms with E-state index in [4.69, 9.17) is 4.74 Å². The molecule has 122 valence electrons. The number of hydrogen-bond acceptors (Lipinski definition) is 3. The van der Waals surface area contributed by atoms with E-state index < -0.39 is 0 Å². The van der Waals surface area contributed by atoms with Crippen LogP contribution in [0.15, 0.2) is 42.5 Å². The van der Waals surface area contributed by atoms with Gasteiger partial charge in [0.15, 0.2) is 0 Å². The number of aryl methyl sites for hydroxylation is 1. The first-order chi connectivity index (χ1) is 10.9. The summed E-state index contributed by atoms with van der Waals surface area (Å²) in [6.07, 6.45) is 0. The van der Waals surface area contributed by atoms with Gasteiger partial charge < -0.3 is 15.0 Å². The van der Waals surface area contributed by atoms with Gasteiger partial charge in [0.2, 0.25) is 0 Å². The number of hydrogen-bond donors (Lipinski definition) is 1. The molecule has 4 heteroatoms. The number of carbonyl (C=O) groups excluding carboxylic acids is 1.